The van der Waals surface area contributed by atoms with Crippen molar-refractivity contribution >= 4 is 16.1 Å². The molecule has 0 amide bonds. The highest BCUT2D eigenvalue weighted by molar-refractivity contribution is 9.08. The fourth-order valence-electron chi connectivity index (χ4n) is 0.841. The Morgan fingerprint density at radius 2 is 2.20 bits per heavy atom. The van der Waals surface area contributed by atoms with Gasteiger partial charge < -0.3 is 4.90 Å². The zero-order valence-electron chi connectivity index (χ0n) is 7.02. The smallest absolute Gasteiger partial charge is 0.0215 e. The Balaban J connectivity index is 3.38. The monoisotopic (exact) mass is 208 g/mol. The first-order chi connectivity index (χ1) is 4.72. The Hall–Kier alpha value is 0.400. The summed E-state index contributed by atoms with van der Waals surface area (Å²) in [4.78, 5) is 2.34. The van der Waals surface area contributed by atoms with Gasteiger partial charge in [-0.3, -0.25) is 4.34 Å². The van der Waals surface area contributed by atoms with E-state index in [0.29, 0.717) is 6.04 Å². The maximum Gasteiger partial charge on any atom is 0.0215 e. The van der Waals surface area contributed by atoms with Crippen LogP contribution in [0.15, 0.2) is 0 Å². The van der Waals surface area contributed by atoms with E-state index in [1.165, 1.54) is 13.0 Å². The van der Waals surface area contributed by atoms with Gasteiger partial charge in [0, 0.05) is 28.7 Å². The lowest BCUT2D eigenvalue weighted by molar-refractivity contribution is 0.260. The van der Waals surface area contributed by atoms with Crippen LogP contribution in [-0.2, 0) is 0 Å². The molecule has 0 aromatic carbocycles. The molecule has 0 aliphatic rings. The molecule has 0 saturated heterocycles. The molecule has 0 spiro atoms. The average Bonchev–Trinajstić information content (AvgIpc) is 1.89. The van der Waals surface area contributed by atoms with Gasteiger partial charge in [0.15, 0.2) is 0 Å². The first-order valence-corrected chi connectivity index (χ1v) is 4.55. The van der Waals surface area contributed by atoms with Crippen molar-refractivity contribution in [3.8, 4) is 0 Å². The van der Waals surface area contributed by atoms with E-state index < -0.39 is 0 Å². The van der Waals surface area contributed by atoms with Crippen LogP contribution in [0.2, 0.25) is 0 Å². The largest absolute Gasteiger partial charge is 0.302 e. The molecule has 0 aromatic rings. The van der Waals surface area contributed by atoms with Gasteiger partial charge in [-0.2, -0.15) is 0 Å². The zero-order chi connectivity index (χ0) is 7.98. The molecule has 1 unspecified atom stereocenters. The van der Waals surface area contributed by atoms with Crippen LogP contribution in [0.5, 0.6) is 0 Å². The van der Waals surface area contributed by atoms with E-state index >= 15 is 0 Å². The van der Waals surface area contributed by atoms with E-state index in [0.717, 1.165) is 6.54 Å². The molecule has 1 atom stereocenters. The molecule has 0 saturated carbocycles. The summed E-state index contributed by atoms with van der Waals surface area (Å²) < 4.78 is 2.98. The molecule has 0 fully saturated rings. The van der Waals surface area contributed by atoms with E-state index in [1.807, 2.05) is 0 Å². The van der Waals surface area contributed by atoms with Crippen molar-refractivity contribution in [3.63, 3.8) is 0 Å². The van der Waals surface area contributed by atoms with Gasteiger partial charge in [-0.15, -0.1) is 0 Å². The molecule has 0 aromatic heterocycles. The van der Waals surface area contributed by atoms with Crippen LogP contribution in [-0.4, -0.2) is 31.1 Å². The van der Waals surface area contributed by atoms with Crippen molar-refractivity contribution in [2.45, 2.75) is 26.3 Å². The topological polar surface area (TPSA) is 15.3 Å². The van der Waals surface area contributed by atoms with Gasteiger partial charge in [0.2, 0.25) is 0 Å². The molecule has 1 N–H and O–H groups in total. The summed E-state index contributed by atoms with van der Waals surface area (Å²) >= 11 is 3.19. The minimum absolute atomic E-state index is 0.610. The third-order valence-electron chi connectivity index (χ3n) is 1.70. The van der Waals surface area contributed by atoms with Crippen LogP contribution in [0.4, 0.5) is 0 Å². The molecule has 0 bridgehead atoms. The summed E-state index contributed by atoms with van der Waals surface area (Å²) in [5.41, 5.74) is 0. The molecule has 0 rings (SSSR count). The Morgan fingerprint density at radius 1 is 1.60 bits per heavy atom. The van der Waals surface area contributed by atoms with Crippen molar-refractivity contribution in [2.24, 2.45) is 0 Å². The summed E-state index contributed by atoms with van der Waals surface area (Å²) in [6.07, 6.45) is 1.23. The van der Waals surface area contributed by atoms with Gasteiger partial charge in [0.25, 0.3) is 0 Å². The maximum absolute atomic E-state index is 3.19. The Kier molecular flexibility index (Phi) is 6.38. The Bertz CT molecular complexity index is 68.0. The number of hydrogen-bond donors (Lipinski definition) is 1. The zero-order valence-corrected chi connectivity index (χ0v) is 8.61. The molecule has 0 aliphatic carbocycles. The van der Waals surface area contributed by atoms with Crippen molar-refractivity contribution in [1.82, 2.24) is 9.24 Å². The molecular weight excluding hydrogens is 192 g/mol. The predicted molar refractivity (Wildman–Crippen MR) is 49.3 cm³/mol. The second-order valence-electron chi connectivity index (χ2n) is 2.67. The summed E-state index contributed by atoms with van der Waals surface area (Å²) in [5, 5.41) is 0. The molecule has 3 heteroatoms. The maximum atomic E-state index is 3.19. The summed E-state index contributed by atoms with van der Waals surface area (Å²) in [7, 11) is 2.15. The van der Waals surface area contributed by atoms with E-state index in [2.05, 4.69) is 46.3 Å². The van der Waals surface area contributed by atoms with Crippen LogP contribution in [0, 0.1) is 0 Å². The van der Waals surface area contributed by atoms with E-state index in [4.69, 9.17) is 0 Å². The van der Waals surface area contributed by atoms with Crippen LogP contribution in [0.25, 0.3) is 0 Å². The molecule has 0 aliphatic heterocycles. The van der Waals surface area contributed by atoms with Crippen LogP contribution in [0.1, 0.15) is 20.3 Å². The van der Waals surface area contributed by atoms with Crippen LogP contribution < -0.4 is 4.34 Å². The van der Waals surface area contributed by atoms with Gasteiger partial charge in [0.05, 0.1) is 0 Å². The number of likely N-dealkylation sites (N-methyl/N-ethyl adjacent to an activating group) is 1. The van der Waals surface area contributed by atoms with E-state index in [9.17, 15) is 0 Å². The summed E-state index contributed by atoms with van der Waals surface area (Å²) in [6, 6.07) is 0.610. The highest BCUT2D eigenvalue weighted by Gasteiger charge is 2.05. The van der Waals surface area contributed by atoms with Crippen LogP contribution in [0.3, 0.4) is 0 Å². The number of halogens is 1. The lowest BCUT2D eigenvalue weighted by Gasteiger charge is -2.23. The molecule has 2 nitrogen and oxygen atoms in total. The van der Waals surface area contributed by atoms with Gasteiger partial charge in [0.1, 0.15) is 0 Å². The molecule has 10 heavy (non-hydrogen) atoms. The lowest BCUT2D eigenvalue weighted by atomic mass is 10.3. The second kappa shape index (κ2) is 6.13. The quantitative estimate of drug-likeness (QED) is 0.692. The molecule has 62 valence electrons. The highest BCUT2D eigenvalue weighted by atomic mass is 79.9. The number of nitrogens with one attached hydrogen (secondary N) is 1. The lowest BCUT2D eigenvalue weighted by Crippen LogP contribution is -2.35. The van der Waals surface area contributed by atoms with Crippen molar-refractivity contribution < 1.29 is 0 Å². The van der Waals surface area contributed by atoms with Gasteiger partial charge in [-0.05, 0) is 26.9 Å². The third-order valence-corrected chi connectivity index (χ3v) is 2.03. The molecule has 0 heterocycles. The number of hydrogen-bond acceptors (Lipinski definition) is 2. The minimum atomic E-state index is 0.610. The van der Waals surface area contributed by atoms with Gasteiger partial charge in [-0.1, -0.05) is 6.92 Å². The van der Waals surface area contributed by atoms with E-state index in [1.54, 1.807) is 0 Å². The minimum Gasteiger partial charge on any atom is -0.302 e. The van der Waals surface area contributed by atoms with Crippen molar-refractivity contribution in [2.75, 3.05) is 20.1 Å². The SMILES string of the molecule is CCCN(C)C(C)CNBr. The number of nitrogens with zero attached hydrogens (tertiary/aromatic N) is 1. The fraction of sp³-hybridized carbons (Fsp3) is 1.00. The Morgan fingerprint density at radius 3 is 2.60 bits per heavy atom. The second-order valence-corrected chi connectivity index (χ2v) is 3.23. The standard InChI is InChI=1S/C7H17BrN2/c1-4-5-10(3)7(2)6-9-8/h7,9H,4-6H2,1-3H3. The van der Waals surface area contributed by atoms with E-state index in [-0.39, 0.29) is 0 Å². The number of rotatable bonds is 5. The first-order valence-electron chi connectivity index (χ1n) is 3.76. The Labute approximate surface area is 72.3 Å². The first kappa shape index (κ1) is 10.4. The van der Waals surface area contributed by atoms with Crippen molar-refractivity contribution in [3.05, 3.63) is 0 Å². The highest BCUT2D eigenvalue weighted by Crippen LogP contribution is 1.95. The molecule has 0 radical (unpaired) electrons. The summed E-state index contributed by atoms with van der Waals surface area (Å²) in [6.45, 7) is 6.58. The van der Waals surface area contributed by atoms with Gasteiger partial charge >= 0.3 is 0 Å². The van der Waals surface area contributed by atoms with Gasteiger partial charge in [-0.25, -0.2) is 0 Å². The summed E-state index contributed by atoms with van der Waals surface area (Å²) in [5.74, 6) is 0. The van der Waals surface area contributed by atoms with Crippen molar-refractivity contribution in [1.29, 1.82) is 0 Å². The average molecular weight is 209 g/mol. The fourth-order valence-corrected chi connectivity index (χ4v) is 1.31. The third kappa shape index (κ3) is 4.25. The van der Waals surface area contributed by atoms with Crippen LogP contribution >= 0.6 is 16.1 Å². The normalized spacial score (nSPS) is 14.1. The molecular formula is C7H17BrN2. The predicted octanol–water partition coefficient (Wildman–Crippen LogP) is 1.62.